The maximum atomic E-state index is 11.6. The van der Waals surface area contributed by atoms with E-state index in [0.717, 1.165) is 12.8 Å². The Morgan fingerprint density at radius 2 is 1.94 bits per heavy atom. The Morgan fingerprint density at radius 3 is 2.31 bits per heavy atom. The molecule has 3 unspecified atom stereocenters. The van der Waals surface area contributed by atoms with E-state index in [1.807, 2.05) is 0 Å². The highest BCUT2D eigenvalue weighted by Crippen LogP contribution is 2.15. The van der Waals surface area contributed by atoms with Crippen molar-refractivity contribution >= 4 is 5.91 Å². The first-order valence-electron chi connectivity index (χ1n) is 6.07. The minimum Gasteiger partial charge on any atom is -0.379 e. The number of hydrogen-bond acceptors (Lipinski definition) is 3. The van der Waals surface area contributed by atoms with Gasteiger partial charge in [0.2, 0.25) is 5.91 Å². The van der Waals surface area contributed by atoms with Crippen molar-refractivity contribution in [2.75, 3.05) is 20.7 Å². The summed E-state index contributed by atoms with van der Waals surface area (Å²) >= 11 is 0. The molecule has 96 valence electrons. The Kier molecular flexibility index (Phi) is 8.21. The van der Waals surface area contributed by atoms with Crippen LogP contribution in [0.2, 0.25) is 0 Å². The highest BCUT2D eigenvalue weighted by Gasteiger charge is 2.25. The van der Waals surface area contributed by atoms with Crippen LogP contribution >= 0.6 is 0 Å². The molecule has 1 amide bonds. The van der Waals surface area contributed by atoms with E-state index in [0.29, 0.717) is 12.5 Å². The molecule has 0 bridgehead atoms. The smallest absolute Gasteiger partial charge is 0.234 e. The van der Waals surface area contributed by atoms with Gasteiger partial charge in [-0.25, -0.2) is 0 Å². The zero-order chi connectivity index (χ0) is 12.6. The monoisotopic (exact) mass is 230 g/mol. The van der Waals surface area contributed by atoms with Gasteiger partial charge in [-0.1, -0.05) is 27.2 Å². The maximum Gasteiger partial charge on any atom is 0.234 e. The van der Waals surface area contributed by atoms with E-state index in [-0.39, 0.29) is 18.1 Å². The van der Waals surface area contributed by atoms with E-state index in [9.17, 15) is 4.79 Å². The lowest BCUT2D eigenvalue weighted by Gasteiger charge is -2.30. The number of hydrogen-bond donors (Lipinski definition) is 2. The molecule has 0 rings (SSSR count). The van der Waals surface area contributed by atoms with Crippen molar-refractivity contribution in [3.05, 3.63) is 0 Å². The van der Waals surface area contributed by atoms with Gasteiger partial charge in [0, 0.05) is 7.11 Å². The Bertz CT molecular complexity index is 193. The number of amides is 1. The van der Waals surface area contributed by atoms with Gasteiger partial charge < -0.3 is 15.4 Å². The Morgan fingerprint density at radius 1 is 1.31 bits per heavy atom. The summed E-state index contributed by atoms with van der Waals surface area (Å²) < 4.78 is 5.43. The molecule has 0 aliphatic carbocycles. The Balaban J connectivity index is 4.47. The Labute approximate surface area is 99.1 Å². The number of carbonyl (C=O) groups excluding carboxylic acids is 1. The van der Waals surface area contributed by atoms with Crippen molar-refractivity contribution in [2.24, 2.45) is 5.92 Å². The summed E-state index contributed by atoms with van der Waals surface area (Å²) in [6, 6.07) is 0.0980. The molecule has 0 spiro atoms. The minimum absolute atomic E-state index is 0.0308. The van der Waals surface area contributed by atoms with E-state index >= 15 is 0 Å². The van der Waals surface area contributed by atoms with Crippen LogP contribution in [0.3, 0.4) is 0 Å². The molecular weight excluding hydrogens is 204 g/mol. The second kappa shape index (κ2) is 8.53. The van der Waals surface area contributed by atoms with Gasteiger partial charge in [-0.3, -0.25) is 4.79 Å². The molecule has 4 heteroatoms. The number of ether oxygens (including phenoxy) is 1. The fourth-order valence-electron chi connectivity index (χ4n) is 1.82. The maximum absolute atomic E-state index is 11.6. The number of carbonyl (C=O) groups is 1. The van der Waals surface area contributed by atoms with Crippen LogP contribution in [0.25, 0.3) is 0 Å². The fraction of sp³-hybridized carbons (Fsp3) is 0.917. The molecule has 0 heterocycles. The molecule has 2 N–H and O–H groups in total. The summed E-state index contributed by atoms with van der Waals surface area (Å²) in [7, 11) is 3.47. The zero-order valence-electron chi connectivity index (χ0n) is 11.2. The van der Waals surface area contributed by atoms with Crippen molar-refractivity contribution in [1.82, 2.24) is 10.6 Å². The van der Waals surface area contributed by atoms with Gasteiger partial charge in [0.25, 0.3) is 0 Å². The second-order valence-electron chi connectivity index (χ2n) is 4.19. The minimum atomic E-state index is 0.0308. The molecule has 4 nitrogen and oxygen atoms in total. The van der Waals surface area contributed by atoms with Crippen molar-refractivity contribution < 1.29 is 9.53 Å². The lowest BCUT2D eigenvalue weighted by molar-refractivity contribution is -0.122. The topological polar surface area (TPSA) is 50.4 Å². The normalized spacial score (nSPS) is 16.6. The molecule has 0 fully saturated rings. The number of methoxy groups -OCH3 is 1. The summed E-state index contributed by atoms with van der Waals surface area (Å²) in [5, 5.41) is 5.90. The average Bonchev–Trinajstić information content (AvgIpc) is 2.28. The van der Waals surface area contributed by atoms with Gasteiger partial charge >= 0.3 is 0 Å². The predicted octanol–water partition coefficient (Wildman–Crippen LogP) is 1.16. The van der Waals surface area contributed by atoms with E-state index in [2.05, 4.69) is 31.4 Å². The third-order valence-electron chi connectivity index (χ3n) is 3.03. The molecule has 0 aromatic carbocycles. The van der Waals surface area contributed by atoms with E-state index in [4.69, 9.17) is 4.74 Å². The SMILES string of the molecule is CCC(C)C(NC(=O)CNC)C(CC)OC. The van der Waals surface area contributed by atoms with Crippen LogP contribution in [0.1, 0.15) is 33.6 Å². The lowest BCUT2D eigenvalue weighted by Crippen LogP contribution is -2.49. The summed E-state index contributed by atoms with van der Waals surface area (Å²) in [5.74, 6) is 0.453. The van der Waals surface area contributed by atoms with Crippen molar-refractivity contribution in [3.63, 3.8) is 0 Å². The Hall–Kier alpha value is -0.610. The number of likely N-dealkylation sites (N-methyl/N-ethyl adjacent to an activating group) is 1. The molecule has 0 aliphatic heterocycles. The van der Waals surface area contributed by atoms with Crippen LogP contribution in [-0.2, 0) is 9.53 Å². The van der Waals surface area contributed by atoms with Gasteiger partial charge in [0.05, 0.1) is 18.7 Å². The summed E-state index contributed by atoms with van der Waals surface area (Å²) in [6.07, 6.45) is 2.03. The first kappa shape index (κ1) is 15.4. The van der Waals surface area contributed by atoms with Gasteiger partial charge in [-0.2, -0.15) is 0 Å². The second-order valence-corrected chi connectivity index (χ2v) is 4.19. The number of rotatable bonds is 8. The van der Waals surface area contributed by atoms with Crippen LogP contribution in [0.4, 0.5) is 0 Å². The van der Waals surface area contributed by atoms with Crippen molar-refractivity contribution in [1.29, 1.82) is 0 Å². The van der Waals surface area contributed by atoms with Gasteiger partial charge in [0.1, 0.15) is 0 Å². The van der Waals surface area contributed by atoms with E-state index in [1.165, 1.54) is 0 Å². The molecule has 0 radical (unpaired) electrons. The molecule has 0 aliphatic rings. The average molecular weight is 230 g/mol. The van der Waals surface area contributed by atoms with Crippen LogP contribution in [-0.4, -0.2) is 38.8 Å². The van der Waals surface area contributed by atoms with E-state index in [1.54, 1.807) is 14.2 Å². The molecule has 0 aromatic heterocycles. The van der Waals surface area contributed by atoms with Gasteiger partial charge in [-0.05, 0) is 19.4 Å². The standard InChI is InChI=1S/C12H26N2O2/c1-6-9(3)12(10(7-2)16-5)14-11(15)8-13-4/h9-10,12-13H,6-8H2,1-5H3,(H,14,15). The van der Waals surface area contributed by atoms with Crippen molar-refractivity contribution in [2.45, 2.75) is 45.8 Å². The van der Waals surface area contributed by atoms with Crippen LogP contribution in [0.15, 0.2) is 0 Å². The predicted molar refractivity (Wildman–Crippen MR) is 66.4 cm³/mol. The first-order chi connectivity index (χ1) is 7.60. The first-order valence-corrected chi connectivity index (χ1v) is 6.07. The summed E-state index contributed by atoms with van der Waals surface area (Å²) in [5.41, 5.74) is 0. The molecular formula is C12H26N2O2. The van der Waals surface area contributed by atoms with Crippen LogP contribution in [0.5, 0.6) is 0 Å². The van der Waals surface area contributed by atoms with Crippen LogP contribution in [0, 0.1) is 5.92 Å². The molecule has 3 atom stereocenters. The lowest BCUT2D eigenvalue weighted by atomic mass is 9.93. The van der Waals surface area contributed by atoms with E-state index < -0.39 is 0 Å². The number of nitrogens with one attached hydrogen (secondary N) is 2. The zero-order valence-corrected chi connectivity index (χ0v) is 11.2. The largest absolute Gasteiger partial charge is 0.379 e. The highest BCUT2D eigenvalue weighted by molar-refractivity contribution is 5.78. The summed E-state index contributed by atoms with van der Waals surface area (Å²) in [6.45, 7) is 6.71. The van der Waals surface area contributed by atoms with Crippen molar-refractivity contribution in [3.8, 4) is 0 Å². The highest BCUT2D eigenvalue weighted by atomic mass is 16.5. The van der Waals surface area contributed by atoms with Gasteiger partial charge in [-0.15, -0.1) is 0 Å². The molecule has 0 aromatic rings. The third-order valence-corrected chi connectivity index (χ3v) is 3.03. The summed E-state index contributed by atoms with van der Waals surface area (Å²) in [4.78, 5) is 11.6. The quantitative estimate of drug-likeness (QED) is 0.658. The van der Waals surface area contributed by atoms with Gasteiger partial charge in [0.15, 0.2) is 0 Å². The van der Waals surface area contributed by atoms with Crippen LogP contribution < -0.4 is 10.6 Å². The molecule has 0 saturated carbocycles. The fourth-order valence-corrected chi connectivity index (χ4v) is 1.82. The molecule has 16 heavy (non-hydrogen) atoms. The molecule has 0 saturated heterocycles. The third kappa shape index (κ3) is 4.94.